The van der Waals surface area contributed by atoms with Gasteiger partial charge in [0, 0.05) is 31.7 Å². The van der Waals surface area contributed by atoms with Crippen molar-refractivity contribution in [3.05, 3.63) is 112 Å². The lowest BCUT2D eigenvalue weighted by atomic mass is 9.98. The summed E-state index contributed by atoms with van der Waals surface area (Å²) in [4.78, 5) is 29.6. The van der Waals surface area contributed by atoms with Gasteiger partial charge in [0.1, 0.15) is 17.9 Å². The van der Waals surface area contributed by atoms with Gasteiger partial charge in [-0.25, -0.2) is 13.2 Å². The molecule has 0 saturated heterocycles. The summed E-state index contributed by atoms with van der Waals surface area (Å²) >= 11 is 0. The van der Waals surface area contributed by atoms with E-state index in [0.717, 1.165) is 36.2 Å². The molecule has 0 unspecified atom stereocenters. The number of nitrogens with two attached hydrogens (primary N) is 1. The summed E-state index contributed by atoms with van der Waals surface area (Å²) in [7, 11) is -4.19. The Hall–Kier alpha value is -3.74. The lowest BCUT2D eigenvalue weighted by Crippen LogP contribution is -2.55. The van der Waals surface area contributed by atoms with Crippen LogP contribution in [-0.4, -0.2) is 66.2 Å². The van der Waals surface area contributed by atoms with Crippen molar-refractivity contribution in [1.29, 1.82) is 5.41 Å². The largest absolute Gasteiger partial charge is 0.480 e. The van der Waals surface area contributed by atoms with E-state index in [0.29, 0.717) is 17.7 Å². The first-order valence-electron chi connectivity index (χ1n) is 14.5. The number of hydrogen-bond acceptors (Lipinski definition) is 6. The molecule has 2 aliphatic heterocycles. The van der Waals surface area contributed by atoms with Crippen molar-refractivity contribution in [3.63, 3.8) is 0 Å². The van der Waals surface area contributed by atoms with Gasteiger partial charge >= 0.3 is 5.97 Å². The molecule has 246 valence electrons. The van der Waals surface area contributed by atoms with E-state index in [9.17, 15) is 23.1 Å². The SMILES string of the molecule is CC1=CCN(C(=O)[C@H](Cc2cccc(C(=N)N)c2)NS(=O)(=O)c2ccc3c(c2)CN(Cc2ccccc2)CC3)[C@@H](C(=O)O)C1.Cl.Cl. The van der Waals surface area contributed by atoms with E-state index >= 15 is 0 Å². The summed E-state index contributed by atoms with van der Waals surface area (Å²) < 4.78 is 30.3. The van der Waals surface area contributed by atoms with Crippen molar-refractivity contribution in [2.75, 3.05) is 13.1 Å². The molecule has 0 saturated carbocycles. The Labute approximate surface area is 282 Å². The van der Waals surface area contributed by atoms with Gasteiger partial charge in [0.05, 0.1) is 4.90 Å². The standard InChI is InChI=1S/C33H37N5O5S.2ClH/c1-22-12-15-38(30(16-22)33(40)41)32(39)29(18-24-8-5-9-26(17-24)31(34)35)36-44(42,43)28-11-10-25-13-14-37(21-27(25)19-28)20-23-6-3-2-4-7-23;;/h2-12,17,19,29-30,36H,13-16,18,20-21H2,1H3,(H3,34,35)(H,40,41);2*1H/t29-,30+;;/m0../s1. The molecule has 5 rings (SSSR count). The maximum absolute atomic E-state index is 13.9. The highest BCUT2D eigenvalue weighted by molar-refractivity contribution is 7.89. The molecular formula is C33H39Cl2N5O5S. The minimum Gasteiger partial charge on any atom is -0.480 e. The number of nitrogens with zero attached hydrogens (tertiary/aromatic N) is 2. The molecule has 2 heterocycles. The maximum atomic E-state index is 13.9. The summed E-state index contributed by atoms with van der Waals surface area (Å²) in [6.45, 7) is 4.07. The van der Waals surface area contributed by atoms with Crippen molar-refractivity contribution >= 4 is 52.5 Å². The second kappa shape index (κ2) is 15.7. The van der Waals surface area contributed by atoms with Crippen LogP contribution in [0.5, 0.6) is 0 Å². The maximum Gasteiger partial charge on any atom is 0.326 e. The topological polar surface area (TPSA) is 157 Å². The number of amidine groups is 1. The van der Waals surface area contributed by atoms with Gasteiger partial charge in [-0.1, -0.05) is 66.2 Å². The number of rotatable bonds is 10. The number of amides is 1. The summed E-state index contributed by atoms with van der Waals surface area (Å²) in [5, 5.41) is 17.7. The number of carbonyl (C=O) groups is 2. The molecule has 1 amide bonds. The second-order valence-electron chi connectivity index (χ2n) is 11.5. The first-order chi connectivity index (χ1) is 21.0. The van der Waals surface area contributed by atoms with E-state index in [-0.39, 0.29) is 54.9 Å². The molecule has 46 heavy (non-hydrogen) atoms. The molecule has 2 atom stereocenters. The number of carbonyl (C=O) groups excluding carboxylic acids is 1. The molecule has 3 aromatic rings. The quantitative estimate of drug-likeness (QED) is 0.143. The zero-order valence-electron chi connectivity index (χ0n) is 25.4. The number of carboxylic acid groups (broad SMARTS) is 1. The normalized spacial score (nSPS) is 17.0. The zero-order valence-corrected chi connectivity index (χ0v) is 27.8. The van der Waals surface area contributed by atoms with Crippen molar-refractivity contribution in [2.24, 2.45) is 5.73 Å². The van der Waals surface area contributed by atoms with E-state index < -0.39 is 34.0 Å². The predicted octanol–water partition coefficient (Wildman–Crippen LogP) is 3.89. The molecule has 0 aromatic heterocycles. The molecule has 2 aliphatic rings. The number of aliphatic carboxylic acids is 1. The van der Waals surface area contributed by atoms with E-state index in [1.54, 1.807) is 42.5 Å². The number of halogens is 2. The predicted molar refractivity (Wildman–Crippen MR) is 182 cm³/mol. The Morgan fingerprint density at radius 2 is 1.74 bits per heavy atom. The van der Waals surface area contributed by atoms with Gasteiger partial charge in [-0.2, -0.15) is 4.72 Å². The lowest BCUT2D eigenvalue weighted by molar-refractivity contribution is -0.150. The van der Waals surface area contributed by atoms with Crippen LogP contribution in [0.4, 0.5) is 0 Å². The average Bonchev–Trinajstić information content (AvgIpc) is 3.00. The number of nitrogen functional groups attached to an aromatic ring is 1. The van der Waals surface area contributed by atoms with Crippen molar-refractivity contribution in [1.82, 2.24) is 14.5 Å². The number of benzene rings is 3. The minimum absolute atomic E-state index is 0. The van der Waals surface area contributed by atoms with E-state index in [1.165, 1.54) is 10.5 Å². The number of fused-ring (bicyclic) bond motifs is 1. The van der Waals surface area contributed by atoms with E-state index in [4.69, 9.17) is 11.1 Å². The highest BCUT2D eigenvalue weighted by atomic mass is 35.5. The van der Waals surface area contributed by atoms with Crippen LogP contribution >= 0.6 is 24.8 Å². The summed E-state index contributed by atoms with van der Waals surface area (Å²) in [5.41, 5.74) is 10.7. The molecule has 3 aromatic carbocycles. The Morgan fingerprint density at radius 1 is 1.02 bits per heavy atom. The summed E-state index contributed by atoms with van der Waals surface area (Å²) in [6.07, 6.45) is 2.68. The fourth-order valence-corrected chi connectivity index (χ4v) is 7.06. The van der Waals surface area contributed by atoms with Crippen LogP contribution in [0, 0.1) is 5.41 Å². The third kappa shape index (κ3) is 8.74. The zero-order chi connectivity index (χ0) is 31.4. The van der Waals surface area contributed by atoms with Gasteiger partial charge in [-0.05, 0) is 66.6 Å². The van der Waals surface area contributed by atoms with Crippen LogP contribution in [0.1, 0.15) is 41.2 Å². The Bertz CT molecular complexity index is 1720. The first kappa shape index (κ1) is 36.7. The Balaban J connectivity index is 0.00000288. The Morgan fingerprint density at radius 3 is 2.43 bits per heavy atom. The van der Waals surface area contributed by atoms with Gasteiger partial charge in [0.25, 0.3) is 0 Å². The second-order valence-corrected chi connectivity index (χ2v) is 13.2. The van der Waals surface area contributed by atoms with Gasteiger partial charge in [0.15, 0.2) is 0 Å². The fraction of sp³-hybridized carbons (Fsp3) is 0.303. The molecule has 0 fully saturated rings. The van der Waals surface area contributed by atoms with Crippen molar-refractivity contribution < 1.29 is 23.1 Å². The minimum atomic E-state index is -4.19. The molecule has 0 radical (unpaired) electrons. The monoisotopic (exact) mass is 687 g/mol. The van der Waals surface area contributed by atoms with Crippen LogP contribution in [0.25, 0.3) is 0 Å². The van der Waals surface area contributed by atoms with Crippen molar-refractivity contribution in [3.8, 4) is 0 Å². The van der Waals surface area contributed by atoms with Crippen molar-refractivity contribution in [2.45, 2.75) is 56.3 Å². The molecule has 0 spiro atoms. The summed E-state index contributed by atoms with van der Waals surface area (Å²) in [6, 6.07) is 19.4. The van der Waals surface area contributed by atoms with Crippen LogP contribution < -0.4 is 10.5 Å². The molecular weight excluding hydrogens is 649 g/mol. The molecule has 0 bridgehead atoms. The van der Waals surface area contributed by atoms with Crippen LogP contribution in [-0.2, 0) is 45.5 Å². The van der Waals surface area contributed by atoms with Gasteiger partial charge < -0.3 is 15.7 Å². The fourth-order valence-electron chi connectivity index (χ4n) is 5.82. The van der Waals surface area contributed by atoms with Crippen LogP contribution in [0.2, 0.25) is 0 Å². The number of hydrogen-bond donors (Lipinski definition) is 4. The van der Waals surface area contributed by atoms with Crippen LogP contribution in [0.15, 0.2) is 89.3 Å². The van der Waals surface area contributed by atoms with E-state index in [1.807, 2.05) is 31.2 Å². The molecule has 5 N–H and O–H groups in total. The number of sulfonamides is 1. The van der Waals surface area contributed by atoms with Gasteiger partial charge in [-0.15, -0.1) is 24.8 Å². The molecule has 13 heteroatoms. The lowest BCUT2D eigenvalue weighted by Gasteiger charge is -2.34. The third-order valence-electron chi connectivity index (χ3n) is 8.20. The molecule has 10 nitrogen and oxygen atoms in total. The molecule has 0 aliphatic carbocycles. The van der Waals surface area contributed by atoms with Gasteiger partial charge in [0.2, 0.25) is 15.9 Å². The first-order valence-corrected chi connectivity index (χ1v) is 16.0. The number of carboxylic acids is 1. The average molecular weight is 689 g/mol. The van der Waals surface area contributed by atoms with Gasteiger partial charge in [-0.3, -0.25) is 15.1 Å². The van der Waals surface area contributed by atoms with E-state index in [2.05, 4.69) is 21.8 Å². The Kier molecular flexibility index (Phi) is 12.5. The van der Waals surface area contributed by atoms with Crippen LogP contribution in [0.3, 0.4) is 0 Å². The third-order valence-corrected chi connectivity index (χ3v) is 9.67. The number of nitrogens with one attached hydrogen (secondary N) is 2. The smallest absolute Gasteiger partial charge is 0.326 e. The highest BCUT2D eigenvalue weighted by Gasteiger charge is 2.37. The summed E-state index contributed by atoms with van der Waals surface area (Å²) in [5.74, 6) is -1.95. The highest BCUT2D eigenvalue weighted by Crippen LogP contribution is 2.25.